The fourth-order valence-electron chi connectivity index (χ4n) is 0.852. The highest BCUT2D eigenvalue weighted by Gasteiger charge is 2.00. The molecule has 1 heterocycles. The van der Waals surface area contributed by atoms with Crippen molar-refractivity contribution in [1.82, 2.24) is 9.78 Å². The summed E-state index contributed by atoms with van der Waals surface area (Å²) in [4.78, 5) is 0. The average Bonchev–Trinajstić information content (AvgIpc) is 2.10. The van der Waals surface area contributed by atoms with Crippen molar-refractivity contribution >= 4 is 17.3 Å². The van der Waals surface area contributed by atoms with Crippen LogP contribution in [0.2, 0.25) is 0 Å². The minimum Gasteiger partial charge on any atom is -0.374 e. The smallest absolute Gasteiger partial charge is 0.191 e. The number of nitrogens with two attached hydrogens (primary N) is 1. The van der Waals surface area contributed by atoms with E-state index in [4.69, 9.17) is 18.0 Å². The van der Waals surface area contributed by atoms with Gasteiger partial charge in [-0.15, -0.1) is 0 Å². The Morgan fingerprint density at radius 2 is 2.30 bits per heavy atom. The summed E-state index contributed by atoms with van der Waals surface area (Å²) < 4.78 is 1.55. The number of aromatic nitrogens is 2. The summed E-state index contributed by atoms with van der Waals surface area (Å²) in [5, 5.41) is 4.36. The Morgan fingerprint density at radius 3 is 2.50 bits per heavy atom. The van der Waals surface area contributed by atoms with Gasteiger partial charge in [0.2, 0.25) is 0 Å². The molecule has 0 aliphatic rings. The van der Waals surface area contributed by atoms with Gasteiger partial charge in [0.05, 0.1) is 5.69 Å². The van der Waals surface area contributed by atoms with Crippen molar-refractivity contribution < 1.29 is 0 Å². The van der Waals surface area contributed by atoms with Crippen LogP contribution in [0.1, 0.15) is 11.4 Å². The highest BCUT2D eigenvalue weighted by atomic mass is 32.1. The standard InChI is InChI=1S/C6H9N3S/c1-4-3-5(2)9(8-4)6(7)10/h3H,1-2H3,(H2,7,10). The maximum Gasteiger partial charge on any atom is 0.191 e. The van der Waals surface area contributed by atoms with E-state index in [0.717, 1.165) is 11.4 Å². The molecule has 2 N–H and O–H groups in total. The fourth-order valence-corrected chi connectivity index (χ4v) is 1.04. The summed E-state index contributed by atoms with van der Waals surface area (Å²) in [7, 11) is 0. The Bertz CT molecular complexity index is 264. The van der Waals surface area contributed by atoms with Gasteiger partial charge >= 0.3 is 0 Å². The molecule has 0 aliphatic carbocycles. The van der Waals surface area contributed by atoms with Crippen LogP contribution in [0.3, 0.4) is 0 Å². The molecule has 0 aliphatic heterocycles. The molecule has 0 amide bonds. The van der Waals surface area contributed by atoms with Gasteiger partial charge in [-0.1, -0.05) is 0 Å². The van der Waals surface area contributed by atoms with E-state index in [1.54, 1.807) is 4.68 Å². The van der Waals surface area contributed by atoms with E-state index in [1.807, 2.05) is 19.9 Å². The van der Waals surface area contributed by atoms with Crippen molar-refractivity contribution in [2.24, 2.45) is 5.73 Å². The molecule has 4 heteroatoms. The SMILES string of the molecule is Cc1cc(C)n(C(N)=S)n1. The molecule has 0 bridgehead atoms. The second-order valence-electron chi connectivity index (χ2n) is 2.18. The highest BCUT2D eigenvalue weighted by molar-refractivity contribution is 7.80. The van der Waals surface area contributed by atoms with Gasteiger partial charge < -0.3 is 5.73 Å². The number of rotatable bonds is 0. The van der Waals surface area contributed by atoms with E-state index >= 15 is 0 Å². The summed E-state index contributed by atoms with van der Waals surface area (Å²) in [6, 6.07) is 1.93. The zero-order chi connectivity index (χ0) is 7.72. The molecule has 3 nitrogen and oxygen atoms in total. The summed E-state index contributed by atoms with van der Waals surface area (Å²) in [5.41, 5.74) is 7.27. The van der Waals surface area contributed by atoms with Gasteiger partial charge in [-0.05, 0) is 32.1 Å². The average molecular weight is 155 g/mol. The molecule has 0 aromatic carbocycles. The van der Waals surface area contributed by atoms with Crippen molar-refractivity contribution in [2.45, 2.75) is 13.8 Å². The van der Waals surface area contributed by atoms with Crippen LogP contribution >= 0.6 is 12.2 Å². The van der Waals surface area contributed by atoms with E-state index in [0.29, 0.717) is 5.11 Å². The monoisotopic (exact) mass is 155 g/mol. The summed E-state index contributed by atoms with van der Waals surface area (Å²) in [6.07, 6.45) is 0. The largest absolute Gasteiger partial charge is 0.374 e. The Labute approximate surface area is 64.8 Å². The van der Waals surface area contributed by atoms with Crippen LogP contribution in [-0.4, -0.2) is 14.9 Å². The van der Waals surface area contributed by atoms with E-state index < -0.39 is 0 Å². The molecule has 54 valence electrons. The lowest BCUT2D eigenvalue weighted by Gasteiger charge is -1.97. The first-order valence-electron chi connectivity index (χ1n) is 2.94. The number of aryl methyl sites for hydroxylation is 2. The Morgan fingerprint density at radius 1 is 1.70 bits per heavy atom. The Hall–Kier alpha value is -0.900. The van der Waals surface area contributed by atoms with Crippen LogP contribution in [0.5, 0.6) is 0 Å². The van der Waals surface area contributed by atoms with Gasteiger partial charge in [0.1, 0.15) is 0 Å². The third-order valence-electron chi connectivity index (χ3n) is 1.22. The van der Waals surface area contributed by atoms with E-state index in [-0.39, 0.29) is 0 Å². The molecule has 0 saturated heterocycles. The van der Waals surface area contributed by atoms with Gasteiger partial charge in [0, 0.05) is 5.69 Å². The number of hydrogen-bond acceptors (Lipinski definition) is 2. The van der Waals surface area contributed by atoms with Gasteiger partial charge in [-0.3, -0.25) is 0 Å². The minimum atomic E-state index is 0.297. The zero-order valence-electron chi connectivity index (χ0n) is 5.96. The van der Waals surface area contributed by atoms with Crippen LogP contribution in [0.15, 0.2) is 6.07 Å². The highest BCUT2D eigenvalue weighted by Crippen LogP contribution is 1.99. The second kappa shape index (κ2) is 2.38. The summed E-state index contributed by atoms with van der Waals surface area (Å²) >= 11 is 4.74. The predicted molar refractivity (Wildman–Crippen MR) is 43.9 cm³/mol. The van der Waals surface area contributed by atoms with Crippen molar-refractivity contribution in [3.63, 3.8) is 0 Å². The lowest BCUT2D eigenvalue weighted by molar-refractivity contribution is 0.886. The van der Waals surface area contributed by atoms with Crippen LogP contribution < -0.4 is 5.73 Å². The number of thiocarbonyl (C=S) groups is 1. The van der Waals surface area contributed by atoms with E-state index in [1.165, 1.54) is 0 Å². The maximum absolute atomic E-state index is 5.36. The lowest BCUT2D eigenvalue weighted by atomic mass is 10.4. The van der Waals surface area contributed by atoms with E-state index in [9.17, 15) is 0 Å². The number of nitrogens with zero attached hydrogens (tertiary/aromatic N) is 2. The molecule has 1 aromatic heterocycles. The molecule has 0 unspecified atom stereocenters. The van der Waals surface area contributed by atoms with Crippen molar-refractivity contribution in [3.8, 4) is 0 Å². The first-order chi connectivity index (χ1) is 4.61. The molecule has 0 fully saturated rings. The Kier molecular flexibility index (Phi) is 1.72. The normalized spacial score (nSPS) is 9.80. The third-order valence-corrected chi connectivity index (χ3v) is 1.39. The molecule has 0 radical (unpaired) electrons. The van der Waals surface area contributed by atoms with Gasteiger partial charge in [0.25, 0.3) is 0 Å². The summed E-state index contributed by atoms with van der Waals surface area (Å²) in [5.74, 6) is 0. The quantitative estimate of drug-likeness (QED) is 0.558. The van der Waals surface area contributed by atoms with Gasteiger partial charge in [0.15, 0.2) is 5.11 Å². The number of hydrogen-bond donors (Lipinski definition) is 1. The molecule has 10 heavy (non-hydrogen) atoms. The molecule has 0 atom stereocenters. The summed E-state index contributed by atoms with van der Waals surface area (Å²) in [6.45, 7) is 3.82. The fraction of sp³-hybridized carbons (Fsp3) is 0.333. The zero-order valence-corrected chi connectivity index (χ0v) is 6.77. The molecule has 1 aromatic rings. The van der Waals surface area contributed by atoms with E-state index in [2.05, 4.69) is 5.10 Å². The van der Waals surface area contributed by atoms with Crippen LogP contribution in [0, 0.1) is 13.8 Å². The van der Waals surface area contributed by atoms with Crippen molar-refractivity contribution in [2.75, 3.05) is 0 Å². The molecular formula is C6H9N3S. The van der Waals surface area contributed by atoms with Crippen LogP contribution in [0.25, 0.3) is 0 Å². The second-order valence-corrected chi connectivity index (χ2v) is 2.60. The lowest BCUT2D eigenvalue weighted by Crippen LogP contribution is -2.21. The third kappa shape index (κ3) is 1.16. The van der Waals surface area contributed by atoms with Crippen molar-refractivity contribution in [3.05, 3.63) is 17.5 Å². The van der Waals surface area contributed by atoms with Gasteiger partial charge in [-0.25, -0.2) is 4.68 Å². The van der Waals surface area contributed by atoms with Crippen molar-refractivity contribution in [1.29, 1.82) is 0 Å². The molecule has 0 spiro atoms. The topological polar surface area (TPSA) is 43.8 Å². The Balaban J connectivity index is 3.15. The minimum absolute atomic E-state index is 0.297. The molecule has 0 saturated carbocycles. The predicted octanol–water partition coefficient (Wildman–Crippen LogP) is 0.592. The first-order valence-corrected chi connectivity index (χ1v) is 3.35. The first kappa shape index (κ1) is 7.21. The van der Waals surface area contributed by atoms with Crippen LogP contribution in [-0.2, 0) is 0 Å². The molecular weight excluding hydrogens is 146 g/mol. The van der Waals surface area contributed by atoms with Gasteiger partial charge in [-0.2, -0.15) is 5.10 Å². The van der Waals surface area contributed by atoms with Crippen LogP contribution in [0.4, 0.5) is 0 Å². The maximum atomic E-state index is 5.36. The molecule has 1 rings (SSSR count).